The van der Waals surface area contributed by atoms with Crippen LogP contribution in [-0.4, -0.2) is 19.9 Å². The van der Waals surface area contributed by atoms with E-state index in [1.165, 1.54) is 0 Å². The van der Waals surface area contributed by atoms with Crippen LogP contribution in [0.5, 0.6) is 0 Å². The predicted molar refractivity (Wildman–Crippen MR) is 49.0 cm³/mol. The van der Waals surface area contributed by atoms with Crippen LogP contribution in [0, 0.1) is 6.92 Å². The van der Waals surface area contributed by atoms with E-state index in [1.807, 2.05) is 6.20 Å². The SMILES string of the molecule is [CH2]C(Cc1ncc[nH]1)c1ncc[nH]1. The molecule has 4 heteroatoms. The number of aromatic nitrogens is 4. The Morgan fingerprint density at radius 2 is 2.00 bits per heavy atom. The molecule has 1 atom stereocenters. The van der Waals surface area contributed by atoms with Gasteiger partial charge in [0.15, 0.2) is 0 Å². The van der Waals surface area contributed by atoms with Crippen molar-refractivity contribution in [1.29, 1.82) is 0 Å². The maximum absolute atomic E-state index is 4.14. The third-order valence-electron chi connectivity index (χ3n) is 1.90. The van der Waals surface area contributed by atoms with Crippen LogP contribution in [-0.2, 0) is 6.42 Å². The molecule has 2 heterocycles. The van der Waals surface area contributed by atoms with Crippen molar-refractivity contribution in [3.63, 3.8) is 0 Å². The fourth-order valence-electron chi connectivity index (χ4n) is 1.24. The van der Waals surface area contributed by atoms with E-state index in [2.05, 4.69) is 26.9 Å². The Bertz CT molecular complexity index is 336. The first-order valence-corrected chi connectivity index (χ1v) is 4.17. The molecule has 0 saturated heterocycles. The molecule has 0 amide bonds. The van der Waals surface area contributed by atoms with Gasteiger partial charge in [0.1, 0.15) is 11.6 Å². The highest BCUT2D eigenvalue weighted by Gasteiger charge is 2.09. The normalized spacial score (nSPS) is 13.0. The maximum Gasteiger partial charge on any atom is 0.109 e. The minimum absolute atomic E-state index is 0.126. The smallest absolute Gasteiger partial charge is 0.109 e. The van der Waals surface area contributed by atoms with Gasteiger partial charge < -0.3 is 9.97 Å². The van der Waals surface area contributed by atoms with E-state index in [0.29, 0.717) is 0 Å². The van der Waals surface area contributed by atoms with Crippen molar-refractivity contribution in [1.82, 2.24) is 19.9 Å². The second-order valence-corrected chi connectivity index (χ2v) is 2.91. The highest BCUT2D eigenvalue weighted by Crippen LogP contribution is 2.13. The van der Waals surface area contributed by atoms with Crippen molar-refractivity contribution in [2.75, 3.05) is 0 Å². The van der Waals surface area contributed by atoms with Gasteiger partial charge in [-0.1, -0.05) is 0 Å². The fourth-order valence-corrected chi connectivity index (χ4v) is 1.24. The summed E-state index contributed by atoms with van der Waals surface area (Å²) in [6.45, 7) is 4.00. The lowest BCUT2D eigenvalue weighted by molar-refractivity contribution is 0.742. The molecule has 4 nitrogen and oxygen atoms in total. The lowest BCUT2D eigenvalue weighted by Crippen LogP contribution is -2.02. The summed E-state index contributed by atoms with van der Waals surface area (Å²) in [6, 6.07) is 0. The van der Waals surface area contributed by atoms with E-state index in [-0.39, 0.29) is 5.92 Å². The summed E-state index contributed by atoms with van der Waals surface area (Å²) in [6.07, 6.45) is 7.86. The summed E-state index contributed by atoms with van der Waals surface area (Å²) < 4.78 is 0. The molecule has 0 aliphatic carbocycles. The molecule has 0 aliphatic rings. The third kappa shape index (κ3) is 1.77. The Morgan fingerprint density at radius 1 is 1.23 bits per heavy atom. The van der Waals surface area contributed by atoms with Crippen LogP contribution in [0.4, 0.5) is 0 Å². The maximum atomic E-state index is 4.14. The number of imidazole rings is 2. The molecule has 2 aromatic heterocycles. The van der Waals surface area contributed by atoms with E-state index < -0.39 is 0 Å². The summed E-state index contributed by atoms with van der Waals surface area (Å²) >= 11 is 0. The molecule has 0 fully saturated rings. The van der Waals surface area contributed by atoms with Crippen LogP contribution in [0.1, 0.15) is 17.6 Å². The summed E-state index contributed by atoms with van der Waals surface area (Å²) in [5.74, 6) is 1.97. The van der Waals surface area contributed by atoms with E-state index >= 15 is 0 Å². The summed E-state index contributed by atoms with van der Waals surface area (Å²) in [4.78, 5) is 14.3. The van der Waals surface area contributed by atoms with Gasteiger partial charge in [-0.15, -0.1) is 0 Å². The number of hydrogen-bond acceptors (Lipinski definition) is 2. The minimum atomic E-state index is 0.126. The average molecular weight is 175 g/mol. The number of hydrogen-bond donors (Lipinski definition) is 2. The van der Waals surface area contributed by atoms with Crippen LogP contribution >= 0.6 is 0 Å². The van der Waals surface area contributed by atoms with Gasteiger partial charge in [-0.2, -0.15) is 0 Å². The van der Waals surface area contributed by atoms with Gasteiger partial charge in [-0.25, -0.2) is 9.97 Å². The molecule has 2 N–H and O–H groups in total. The van der Waals surface area contributed by atoms with E-state index in [1.54, 1.807) is 18.6 Å². The van der Waals surface area contributed by atoms with Gasteiger partial charge in [0, 0.05) is 37.1 Å². The van der Waals surface area contributed by atoms with Crippen LogP contribution in [0.15, 0.2) is 24.8 Å². The number of aromatic amines is 2. The Morgan fingerprint density at radius 3 is 2.62 bits per heavy atom. The molecular formula is C9H11N4. The first-order chi connectivity index (χ1) is 6.36. The minimum Gasteiger partial charge on any atom is -0.349 e. The number of H-pyrrole nitrogens is 2. The lowest BCUT2D eigenvalue weighted by atomic mass is 10.1. The lowest BCUT2D eigenvalue weighted by Gasteiger charge is -2.04. The molecule has 1 radical (unpaired) electrons. The zero-order valence-electron chi connectivity index (χ0n) is 7.20. The monoisotopic (exact) mass is 175 g/mol. The van der Waals surface area contributed by atoms with E-state index in [9.17, 15) is 0 Å². The quantitative estimate of drug-likeness (QED) is 0.738. The Labute approximate surface area is 76.4 Å². The van der Waals surface area contributed by atoms with Crippen LogP contribution in [0.2, 0.25) is 0 Å². The topological polar surface area (TPSA) is 57.4 Å². The van der Waals surface area contributed by atoms with E-state index in [0.717, 1.165) is 18.1 Å². The van der Waals surface area contributed by atoms with Gasteiger partial charge in [-0.3, -0.25) is 0 Å². The van der Waals surface area contributed by atoms with Crippen molar-refractivity contribution in [3.05, 3.63) is 43.4 Å². The van der Waals surface area contributed by atoms with Gasteiger partial charge >= 0.3 is 0 Å². The first-order valence-electron chi connectivity index (χ1n) is 4.17. The van der Waals surface area contributed by atoms with Crippen molar-refractivity contribution in [2.24, 2.45) is 0 Å². The number of rotatable bonds is 3. The second-order valence-electron chi connectivity index (χ2n) is 2.91. The summed E-state index contributed by atoms with van der Waals surface area (Å²) in [7, 11) is 0. The Balaban J connectivity index is 2.04. The molecule has 2 rings (SSSR count). The van der Waals surface area contributed by atoms with Gasteiger partial charge in [0.2, 0.25) is 0 Å². The van der Waals surface area contributed by atoms with Gasteiger partial charge in [-0.05, 0) is 6.92 Å². The highest BCUT2D eigenvalue weighted by atomic mass is 14.9. The summed E-state index contributed by atoms with van der Waals surface area (Å²) in [5, 5.41) is 0. The molecular weight excluding hydrogens is 164 g/mol. The van der Waals surface area contributed by atoms with Gasteiger partial charge in [0.05, 0.1) is 0 Å². The standard InChI is InChI=1S/C9H11N4/c1-7(9-12-4-5-13-9)6-8-10-2-3-11-8/h2-5,7H,1,6H2,(H,10,11)(H,12,13). The Kier molecular flexibility index (Phi) is 2.12. The van der Waals surface area contributed by atoms with Crippen molar-refractivity contribution in [2.45, 2.75) is 12.3 Å². The van der Waals surface area contributed by atoms with Crippen LogP contribution in [0.3, 0.4) is 0 Å². The van der Waals surface area contributed by atoms with Crippen LogP contribution < -0.4 is 0 Å². The van der Waals surface area contributed by atoms with Gasteiger partial charge in [0.25, 0.3) is 0 Å². The fraction of sp³-hybridized carbons (Fsp3) is 0.222. The predicted octanol–water partition coefficient (Wildman–Crippen LogP) is 1.29. The molecule has 0 aliphatic heterocycles. The third-order valence-corrected chi connectivity index (χ3v) is 1.90. The zero-order valence-corrected chi connectivity index (χ0v) is 7.20. The summed E-state index contributed by atoms with van der Waals surface area (Å²) in [5.41, 5.74) is 0. The molecule has 67 valence electrons. The zero-order chi connectivity index (χ0) is 9.10. The molecule has 0 spiro atoms. The molecule has 1 unspecified atom stereocenters. The van der Waals surface area contributed by atoms with Crippen molar-refractivity contribution in [3.8, 4) is 0 Å². The second kappa shape index (κ2) is 3.43. The van der Waals surface area contributed by atoms with Crippen molar-refractivity contribution < 1.29 is 0 Å². The number of nitrogens with zero attached hydrogens (tertiary/aromatic N) is 2. The largest absolute Gasteiger partial charge is 0.349 e. The highest BCUT2D eigenvalue weighted by molar-refractivity contribution is 5.03. The van der Waals surface area contributed by atoms with E-state index in [4.69, 9.17) is 0 Å². The first kappa shape index (κ1) is 8.04. The molecule has 0 saturated carbocycles. The molecule has 2 aromatic rings. The average Bonchev–Trinajstić information content (AvgIpc) is 2.74. The molecule has 0 aromatic carbocycles. The van der Waals surface area contributed by atoms with Crippen LogP contribution in [0.25, 0.3) is 0 Å². The van der Waals surface area contributed by atoms with Crippen molar-refractivity contribution >= 4 is 0 Å². The molecule has 0 bridgehead atoms. The molecule has 13 heavy (non-hydrogen) atoms. The Hall–Kier alpha value is -1.58. The number of nitrogens with one attached hydrogen (secondary N) is 2.